The van der Waals surface area contributed by atoms with E-state index in [0.717, 1.165) is 6.92 Å². The minimum Gasteiger partial charge on any atom is -0.170 e. The number of hydrogen-bond acceptors (Lipinski definition) is 0. The van der Waals surface area contributed by atoms with Crippen molar-refractivity contribution in [3.8, 4) is 0 Å². The molecule has 16 heavy (non-hydrogen) atoms. The molecule has 0 aliphatic carbocycles. The molecule has 0 heterocycles. The predicted octanol–water partition coefficient (Wildman–Crippen LogP) is 4.80. The van der Waals surface area contributed by atoms with Crippen LogP contribution in [0.1, 0.15) is 34.1 Å². The topological polar surface area (TPSA) is 0 Å². The van der Waals surface area contributed by atoms with Gasteiger partial charge in [0, 0.05) is 0 Å². The van der Waals surface area contributed by atoms with Crippen LogP contribution >= 0.6 is 0 Å². The molecule has 0 fully saturated rings. The SMILES string of the molecule is CC(C)C[C@H](C)C(C)(C(F)(F)F)C(F)(F)F. The fraction of sp³-hybridized carbons (Fsp3) is 1.00. The second kappa shape index (κ2) is 4.45. The quantitative estimate of drug-likeness (QED) is 0.631. The molecule has 0 aliphatic rings. The molecule has 0 aliphatic heterocycles. The lowest BCUT2D eigenvalue weighted by atomic mass is 9.73. The average Bonchev–Trinajstić information content (AvgIpc) is 1.96. The smallest absolute Gasteiger partial charge is 0.170 e. The van der Waals surface area contributed by atoms with E-state index >= 15 is 0 Å². The van der Waals surface area contributed by atoms with Crippen LogP contribution in [-0.4, -0.2) is 12.4 Å². The molecule has 6 heteroatoms. The summed E-state index contributed by atoms with van der Waals surface area (Å²) in [7, 11) is 0. The van der Waals surface area contributed by atoms with Gasteiger partial charge in [-0.1, -0.05) is 20.8 Å². The minimum atomic E-state index is -5.28. The largest absolute Gasteiger partial charge is 0.403 e. The molecule has 0 spiro atoms. The van der Waals surface area contributed by atoms with Gasteiger partial charge in [0.25, 0.3) is 0 Å². The van der Waals surface area contributed by atoms with Crippen LogP contribution in [0.5, 0.6) is 0 Å². The lowest BCUT2D eigenvalue weighted by Crippen LogP contribution is -2.52. The summed E-state index contributed by atoms with van der Waals surface area (Å²) in [6, 6.07) is 0. The first-order valence-corrected chi connectivity index (χ1v) is 4.97. The summed E-state index contributed by atoms with van der Waals surface area (Å²) in [4.78, 5) is 0. The van der Waals surface area contributed by atoms with Crippen LogP contribution < -0.4 is 0 Å². The van der Waals surface area contributed by atoms with E-state index in [-0.39, 0.29) is 19.3 Å². The normalized spacial score (nSPS) is 16.7. The highest BCUT2D eigenvalue weighted by atomic mass is 19.4. The molecule has 0 aromatic heterocycles. The number of alkyl halides is 6. The first-order chi connectivity index (χ1) is 6.84. The first kappa shape index (κ1) is 15.6. The molecule has 0 bridgehead atoms. The van der Waals surface area contributed by atoms with Crippen molar-refractivity contribution in [1.82, 2.24) is 0 Å². The molecule has 0 unspecified atom stereocenters. The second-order valence-electron chi connectivity index (χ2n) is 4.73. The van der Waals surface area contributed by atoms with Crippen molar-refractivity contribution >= 4 is 0 Å². The van der Waals surface area contributed by atoms with E-state index in [4.69, 9.17) is 0 Å². The van der Waals surface area contributed by atoms with Crippen LogP contribution in [0.15, 0.2) is 0 Å². The lowest BCUT2D eigenvalue weighted by Gasteiger charge is -2.39. The van der Waals surface area contributed by atoms with Gasteiger partial charge in [-0.25, -0.2) is 0 Å². The fourth-order valence-electron chi connectivity index (χ4n) is 1.66. The van der Waals surface area contributed by atoms with Crippen molar-refractivity contribution in [2.45, 2.75) is 46.5 Å². The van der Waals surface area contributed by atoms with E-state index in [1.165, 1.54) is 0 Å². The highest BCUT2D eigenvalue weighted by molar-refractivity contribution is 4.93. The van der Waals surface area contributed by atoms with Crippen molar-refractivity contribution in [2.24, 2.45) is 17.3 Å². The van der Waals surface area contributed by atoms with Crippen LogP contribution in [-0.2, 0) is 0 Å². The Balaban J connectivity index is 5.27. The maximum Gasteiger partial charge on any atom is 0.403 e. The van der Waals surface area contributed by atoms with Crippen molar-refractivity contribution in [1.29, 1.82) is 0 Å². The number of hydrogen-bond donors (Lipinski definition) is 0. The van der Waals surface area contributed by atoms with E-state index < -0.39 is 23.7 Å². The van der Waals surface area contributed by atoms with Crippen molar-refractivity contribution in [3.05, 3.63) is 0 Å². The zero-order valence-electron chi connectivity index (χ0n) is 9.63. The minimum absolute atomic E-state index is 0.116. The number of halogens is 6. The monoisotopic (exact) mass is 250 g/mol. The molecule has 0 N–H and O–H groups in total. The van der Waals surface area contributed by atoms with Crippen LogP contribution in [0.2, 0.25) is 0 Å². The molecule has 0 aromatic carbocycles. The molecular weight excluding hydrogens is 234 g/mol. The maximum atomic E-state index is 12.6. The Labute approximate surface area is 91.0 Å². The van der Waals surface area contributed by atoms with Gasteiger partial charge in [0.15, 0.2) is 5.41 Å². The van der Waals surface area contributed by atoms with E-state index in [1.54, 1.807) is 13.8 Å². The molecular formula is C10H16F6. The first-order valence-electron chi connectivity index (χ1n) is 4.97. The zero-order chi connectivity index (χ0) is 13.4. The summed E-state index contributed by atoms with van der Waals surface area (Å²) >= 11 is 0. The average molecular weight is 250 g/mol. The Morgan fingerprint density at radius 2 is 1.12 bits per heavy atom. The Morgan fingerprint density at radius 3 is 1.31 bits per heavy atom. The van der Waals surface area contributed by atoms with Gasteiger partial charge in [-0.2, -0.15) is 26.3 Å². The standard InChI is InChI=1S/C10H16F6/c1-6(2)5-7(3)8(4,9(11,12)13)10(14,15)16/h6-7H,5H2,1-4H3/t7-/m0/s1. The van der Waals surface area contributed by atoms with Gasteiger partial charge in [-0.3, -0.25) is 0 Å². The van der Waals surface area contributed by atoms with E-state index in [2.05, 4.69) is 0 Å². The molecule has 98 valence electrons. The van der Waals surface area contributed by atoms with Gasteiger partial charge >= 0.3 is 12.4 Å². The predicted molar refractivity (Wildman–Crippen MR) is 48.8 cm³/mol. The second-order valence-corrected chi connectivity index (χ2v) is 4.73. The molecule has 0 nitrogen and oxygen atoms in total. The van der Waals surface area contributed by atoms with E-state index in [1.807, 2.05) is 0 Å². The summed E-state index contributed by atoms with van der Waals surface area (Å²) < 4.78 is 75.5. The van der Waals surface area contributed by atoms with Crippen molar-refractivity contribution in [2.75, 3.05) is 0 Å². The fourth-order valence-corrected chi connectivity index (χ4v) is 1.66. The Morgan fingerprint density at radius 1 is 0.812 bits per heavy atom. The summed E-state index contributed by atoms with van der Waals surface area (Å²) in [5, 5.41) is 0. The highest BCUT2D eigenvalue weighted by Gasteiger charge is 2.69. The van der Waals surface area contributed by atoms with Gasteiger partial charge in [-0.05, 0) is 25.2 Å². The third-order valence-corrected chi connectivity index (χ3v) is 2.99. The summed E-state index contributed by atoms with van der Waals surface area (Å²) in [6.45, 7) is 4.44. The van der Waals surface area contributed by atoms with E-state index in [0.29, 0.717) is 0 Å². The van der Waals surface area contributed by atoms with Crippen LogP contribution in [0.4, 0.5) is 26.3 Å². The highest BCUT2D eigenvalue weighted by Crippen LogP contribution is 2.55. The number of rotatable bonds is 3. The molecule has 0 saturated carbocycles. The summed E-state index contributed by atoms with van der Waals surface area (Å²) in [5.74, 6) is -1.70. The van der Waals surface area contributed by atoms with Gasteiger partial charge in [0.05, 0.1) is 0 Å². The van der Waals surface area contributed by atoms with Gasteiger partial charge in [-0.15, -0.1) is 0 Å². The molecule has 0 amide bonds. The molecule has 0 radical (unpaired) electrons. The van der Waals surface area contributed by atoms with Crippen molar-refractivity contribution < 1.29 is 26.3 Å². The molecule has 0 aromatic rings. The van der Waals surface area contributed by atoms with Crippen LogP contribution in [0.3, 0.4) is 0 Å². The lowest BCUT2D eigenvalue weighted by molar-refractivity contribution is -0.351. The van der Waals surface area contributed by atoms with Gasteiger partial charge < -0.3 is 0 Å². The Bertz CT molecular complexity index is 210. The van der Waals surface area contributed by atoms with Crippen LogP contribution in [0, 0.1) is 17.3 Å². The Kier molecular flexibility index (Phi) is 4.33. The van der Waals surface area contributed by atoms with Gasteiger partial charge in [0.1, 0.15) is 0 Å². The van der Waals surface area contributed by atoms with Crippen LogP contribution in [0.25, 0.3) is 0 Å². The third kappa shape index (κ3) is 2.83. The summed E-state index contributed by atoms with van der Waals surface area (Å²) in [5.41, 5.74) is -3.63. The zero-order valence-corrected chi connectivity index (χ0v) is 9.63. The third-order valence-electron chi connectivity index (χ3n) is 2.99. The molecule has 0 saturated heterocycles. The van der Waals surface area contributed by atoms with E-state index in [9.17, 15) is 26.3 Å². The summed E-state index contributed by atoms with van der Waals surface area (Å²) in [6.07, 6.45) is -10.7. The maximum absolute atomic E-state index is 12.6. The molecule has 1 atom stereocenters. The van der Waals surface area contributed by atoms with Gasteiger partial charge in [0.2, 0.25) is 0 Å². The van der Waals surface area contributed by atoms with Crippen molar-refractivity contribution in [3.63, 3.8) is 0 Å². The molecule has 0 rings (SSSR count). The Hall–Kier alpha value is -0.420.